The summed E-state index contributed by atoms with van der Waals surface area (Å²) in [4.78, 5) is 24.1. The van der Waals surface area contributed by atoms with Crippen LogP contribution in [0, 0.1) is 0 Å². The molecule has 1 aromatic heterocycles. The van der Waals surface area contributed by atoms with Crippen molar-refractivity contribution < 1.29 is 13.9 Å². The lowest BCUT2D eigenvalue weighted by Crippen LogP contribution is -2.32. The molecule has 0 bridgehead atoms. The van der Waals surface area contributed by atoms with Gasteiger partial charge in [0.2, 0.25) is 0 Å². The fourth-order valence-electron chi connectivity index (χ4n) is 2.09. The number of ether oxygens (including phenoxy) is 1. The molecule has 0 saturated heterocycles. The molecule has 0 radical (unpaired) electrons. The maximum absolute atomic E-state index is 12.1. The summed E-state index contributed by atoms with van der Waals surface area (Å²) in [5.74, 6) is 0.00363. The Hall–Kier alpha value is -3.28. The van der Waals surface area contributed by atoms with E-state index in [2.05, 4.69) is 10.9 Å². The van der Waals surface area contributed by atoms with Gasteiger partial charge in [-0.05, 0) is 30.3 Å². The number of fused-ring (bicyclic) bond motifs is 1. The first kappa shape index (κ1) is 14.6. The smallest absolute Gasteiger partial charge is 0.349 e. The first-order chi connectivity index (χ1) is 11.2. The van der Waals surface area contributed by atoms with E-state index in [9.17, 15) is 9.59 Å². The number of para-hydroxylation sites is 1. The molecule has 0 aliphatic rings. The highest BCUT2D eigenvalue weighted by Crippen LogP contribution is 2.20. The summed E-state index contributed by atoms with van der Waals surface area (Å²) in [7, 11) is 1.52. The number of hydrazine groups is 1. The molecule has 0 atom stereocenters. The third kappa shape index (κ3) is 3.16. The van der Waals surface area contributed by atoms with Crippen molar-refractivity contribution in [2.45, 2.75) is 0 Å². The van der Waals surface area contributed by atoms with Crippen LogP contribution in [0.1, 0.15) is 10.4 Å². The molecule has 0 aliphatic heterocycles. The monoisotopic (exact) mass is 310 g/mol. The maximum Gasteiger partial charge on any atom is 0.349 e. The second-order valence-electron chi connectivity index (χ2n) is 4.80. The summed E-state index contributed by atoms with van der Waals surface area (Å²) in [5, 5.41) is 0.635. The van der Waals surface area contributed by atoms with Crippen molar-refractivity contribution in [3.8, 4) is 5.75 Å². The molecule has 2 aromatic carbocycles. The molecule has 1 heterocycles. The Bertz CT molecular complexity index is 903. The third-order valence-electron chi connectivity index (χ3n) is 3.28. The number of amides is 1. The average molecular weight is 310 g/mol. The Morgan fingerprint density at radius 2 is 1.87 bits per heavy atom. The van der Waals surface area contributed by atoms with Gasteiger partial charge in [0.15, 0.2) is 0 Å². The molecule has 23 heavy (non-hydrogen) atoms. The second-order valence-corrected chi connectivity index (χ2v) is 4.80. The summed E-state index contributed by atoms with van der Waals surface area (Å²) in [5.41, 5.74) is 5.49. The third-order valence-corrected chi connectivity index (χ3v) is 3.28. The van der Waals surface area contributed by atoms with Gasteiger partial charge in [-0.15, -0.1) is 0 Å². The molecular formula is C17H14N2O4. The van der Waals surface area contributed by atoms with E-state index < -0.39 is 11.5 Å². The van der Waals surface area contributed by atoms with E-state index in [0.717, 1.165) is 0 Å². The fraction of sp³-hybridized carbons (Fsp3) is 0.0588. The zero-order chi connectivity index (χ0) is 16.2. The number of carbonyl (C=O) groups is 1. The van der Waals surface area contributed by atoms with Crippen LogP contribution in [0.2, 0.25) is 0 Å². The van der Waals surface area contributed by atoms with Crippen molar-refractivity contribution in [2.24, 2.45) is 0 Å². The van der Waals surface area contributed by atoms with Crippen LogP contribution in [0.5, 0.6) is 5.75 Å². The highest BCUT2D eigenvalue weighted by Gasteiger charge is 2.13. The number of benzene rings is 2. The van der Waals surface area contributed by atoms with Crippen LogP contribution in [0.4, 0.5) is 5.69 Å². The van der Waals surface area contributed by atoms with Crippen molar-refractivity contribution in [3.63, 3.8) is 0 Å². The quantitative estimate of drug-likeness (QED) is 0.572. The van der Waals surface area contributed by atoms with Gasteiger partial charge in [-0.1, -0.05) is 18.2 Å². The molecule has 0 spiro atoms. The molecule has 0 aliphatic carbocycles. The molecule has 116 valence electrons. The van der Waals surface area contributed by atoms with Gasteiger partial charge in [0.05, 0.1) is 12.8 Å². The number of carbonyl (C=O) groups excluding carboxylic acids is 1. The van der Waals surface area contributed by atoms with Crippen LogP contribution in [-0.2, 0) is 0 Å². The highest BCUT2D eigenvalue weighted by molar-refractivity contribution is 5.97. The van der Waals surface area contributed by atoms with Crippen LogP contribution in [0.25, 0.3) is 11.0 Å². The number of anilines is 1. The first-order valence-corrected chi connectivity index (χ1v) is 6.90. The maximum atomic E-state index is 12.1. The fourth-order valence-corrected chi connectivity index (χ4v) is 2.09. The van der Waals surface area contributed by atoms with Gasteiger partial charge in [-0.2, -0.15) is 0 Å². The molecule has 1 amide bonds. The molecule has 0 fully saturated rings. The van der Waals surface area contributed by atoms with E-state index in [4.69, 9.17) is 9.15 Å². The molecule has 6 nitrogen and oxygen atoms in total. The molecule has 6 heteroatoms. The van der Waals surface area contributed by atoms with Crippen LogP contribution in [-0.4, -0.2) is 13.0 Å². The average Bonchev–Trinajstić information content (AvgIpc) is 2.59. The summed E-state index contributed by atoms with van der Waals surface area (Å²) in [6.07, 6.45) is 0. The Morgan fingerprint density at radius 3 is 2.61 bits per heavy atom. The zero-order valence-corrected chi connectivity index (χ0v) is 12.3. The van der Waals surface area contributed by atoms with E-state index in [1.165, 1.54) is 13.2 Å². The predicted molar refractivity (Wildman–Crippen MR) is 86.6 cm³/mol. The Morgan fingerprint density at radius 1 is 1.09 bits per heavy atom. The van der Waals surface area contributed by atoms with E-state index in [-0.39, 0.29) is 5.56 Å². The van der Waals surface area contributed by atoms with Crippen molar-refractivity contribution in [2.75, 3.05) is 12.5 Å². The Kier molecular flexibility index (Phi) is 3.97. The predicted octanol–water partition coefficient (Wildman–Crippen LogP) is 2.56. The topological polar surface area (TPSA) is 80.6 Å². The summed E-state index contributed by atoms with van der Waals surface area (Å²) >= 11 is 0. The number of hydrogen-bond acceptors (Lipinski definition) is 5. The standard InChI is InChI=1S/C17H14N2O4/c1-22-13-8-7-11-9-14(17(21)23-15(11)10-13)16(20)19-18-12-5-3-2-4-6-12/h2-10,18H,1H3,(H,19,20). The van der Waals surface area contributed by atoms with E-state index in [1.54, 1.807) is 30.3 Å². The summed E-state index contributed by atoms with van der Waals surface area (Å²) in [6.45, 7) is 0. The van der Waals surface area contributed by atoms with Gasteiger partial charge in [-0.25, -0.2) is 4.79 Å². The van der Waals surface area contributed by atoms with E-state index in [0.29, 0.717) is 22.4 Å². The Balaban J connectivity index is 1.85. The largest absolute Gasteiger partial charge is 0.497 e. The number of nitrogens with one attached hydrogen (secondary N) is 2. The Labute approximate surface area is 131 Å². The summed E-state index contributed by atoms with van der Waals surface area (Å²) in [6, 6.07) is 15.6. The van der Waals surface area contributed by atoms with Gasteiger partial charge in [0.1, 0.15) is 16.9 Å². The van der Waals surface area contributed by atoms with E-state index >= 15 is 0 Å². The molecular weight excluding hydrogens is 296 g/mol. The van der Waals surface area contributed by atoms with Crippen LogP contribution < -0.4 is 21.2 Å². The van der Waals surface area contributed by atoms with Gasteiger partial charge in [0, 0.05) is 11.5 Å². The van der Waals surface area contributed by atoms with Gasteiger partial charge in [0.25, 0.3) is 5.91 Å². The lowest BCUT2D eigenvalue weighted by molar-refractivity contribution is 0.0959. The van der Waals surface area contributed by atoms with Crippen LogP contribution >= 0.6 is 0 Å². The minimum atomic E-state index is -0.710. The van der Waals surface area contributed by atoms with Gasteiger partial charge >= 0.3 is 5.63 Å². The number of rotatable bonds is 4. The van der Waals surface area contributed by atoms with Crippen molar-refractivity contribution in [1.29, 1.82) is 0 Å². The minimum Gasteiger partial charge on any atom is -0.497 e. The normalized spacial score (nSPS) is 10.3. The van der Waals surface area contributed by atoms with Crippen molar-refractivity contribution in [3.05, 3.63) is 70.6 Å². The number of methoxy groups -OCH3 is 1. The van der Waals surface area contributed by atoms with Gasteiger partial charge in [-0.3, -0.25) is 15.6 Å². The zero-order valence-electron chi connectivity index (χ0n) is 12.3. The summed E-state index contributed by atoms with van der Waals surface area (Å²) < 4.78 is 10.3. The molecule has 0 unspecified atom stereocenters. The molecule has 2 N–H and O–H groups in total. The van der Waals surface area contributed by atoms with Gasteiger partial charge < -0.3 is 9.15 Å². The lowest BCUT2D eigenvalue weighted by Gasteiger charge is -2.08. The van der Waals surface area contributed by atoms with Crippen LogP contribution in [0.3, 0.4) is 0 Å². The first-order valence-electron chi connectivity index (χ1n) is 6.90. The van der Waals surface area contributed by atoms with E-state index in [1.807, 2.05) is 18.2 Å². The van der Waals surface area contributed by atoms with Crippen molar-refractivity contribution >= 4 is 22.6 Å². The van der Waals surface area contributed by atoms with Crippen molar-refractivity contribution in [1.82, 2.24) is 5.43 Å². The lowest BCUT2D eigenvalue weighted by atomic mass is 10.1. The molecule has 0 saturated carbocycles. The molecule has 3 aromatic rings. The highest BCUT2D eigenvalue weighted by atomic mass is 16.5. The van der Waals surface area contributed by atoms with Crippen LogP contribution in [0.15, 0.2) is 63.8 Å². The SMILES string of the molecule is COc1ccc2cc(C(=O)NNc3ccccc3)c(=O)oc2c1. The number of hydrogen-bond donors (Lipinski definition) is 2. The molecule has 3 rings (SSSR count). The second kappa shape index (κ2) is 6.23. The minimum absolute atomic E-state index is 0.0777.